The fourth-order valence-electron chi connectivity index (χ4n) is 4.41. The van der Waals surface area contributed by atoms with Gasteiger partial charge in [0.05, 0.1) is 5.69 Å². The van der Waals surface area contributed by atoms with Gasteiger partial charge in [-0.1, -0.05) is 26.8 Å². The number of aromatic nitrogens is 1. The zero-order valence-electron chi connectivity index (χ0n) is 17.4. The standard InChI is InChI=1S/C26H21NS3/c1-14-13-29-25-17(14)5-6-19-22(25)21-20(30-19)7-9-27-23(21)16-11-15-8-10-28-24(15)18(12-16)26(2,3)4/h5-13H,1-4H3. The molecule has 0 spiro atoms. The fraction of sp³-hybridized carbons (Fsp3) is 0.192. The monoisotopic (exact) mass is 443 g/mol. The second-order valence-electron chi connectivity index (χ2n) is 8.98. The van der Waals surface area contributed by atoms with Crippen LogP contribution in [-0.4, -0.2) is 4.98 Å². The molecule has 0 saturated heterocycles. The summed E-state index contributed by atoms with van der Waals surface area (Å²) in [5.41, 5.74) is 5.18. The van der Waals surface area contributed by atoms with E-state index in [1.807, 2.05) is 40.2 Å². The minimum Gasteiger partial charge on any atom is -0.256 e. The summed E-state index contributed by atoms with van der Waals surface area (Å²) in [5.74, 6) is 0. The van der Waals surface area contributed by atoms with Crippen LogP contribution < -0.4 is 0 Å². The summed E-state index contributed by atoms with van der Waals surface area (Å²) in [6.07, 6.45) is 1.97. The molecule has 0 aliphatic carbocycles. The molecule has 4 heterocycles. The molecular weight excluding hydrogens is 422 g/mol. The Labute approximate surface area is 187 Å². The zero-order chi connectivity index (χ0) is 20.6. The second-order valence-corrected chi connectivity index (χ2v) is 11.9. The van der Waals surface area contributed by atoms with Gasteiger partial charge in [0.25, 0.3) is 0 Å². The van der Waals surface area contributed by atoms with Gasteiger partial charge >= 0.3 is 0 Å². The van der Waals surface area contributed by atoms with Gasteiger partial charge in [-0.05, 0) is 75.3 Å². The van der Waals surface area contributed by atoms with Gasteiger partial charge in [0.1, 0.15) is 0 Å². The van der Waals surface area contributed by atoms with E-state index in [-0.39, 0.29) is 5.41 Å². The van der Waals surface area contributed by atoms with Crippen LogP contribution in [0.4, 0.5) is 0 Å². The number of nitrogens with zero attached hydrogens (tertiary/aromatic N) is 1. The van der Waals surface area contributed by atoms with Crippen LogP contribution in [0.25, 0.3) is 51.6 Å². The molecule has 4 heteroatoms. The summed E-state index contributed by atoms with van der Waals surface area (Å²) < 4.78 is 5.44. The highest BCUT2D eigenvalue weighted by Gasteiger charge is 2.21. The third-order valence-corrected chi connectivity index (χ3v) is 9.13. The summed E-state index contributed by atoms with van der Waals surface area (Å²) in [6.45, 7) is 9.12. The van der Waals surface area contributed by atoms with Crippen molar-refractivity contribution in [2.45, 2.75) is 33.1 Å². The maximum Gasteiger partial charge on any atom is 0.0795 e. The molecule has 148 valence electrons. The Kier molecular flexibility index (Phi) is 3.92. The molecule has 0 saturated carbocycles. The molecule has 0 amide bonds. The molecule has 0 bridgehead atoms. The molecule has 2 aromatic carbocycles. The molecule has 0 radical (unpaired) electrons. The summed E-state index contributed by atoms with van der Waals surface area (Å²) in [5, 5.41) is 9.84. The van der Waals surface area contributed by atoms with Crippen LogP contribution in [-0.2, 0) is 5.41 Å². The second kappa shape index (κ2) is 6.36. The normalized spacial score (nSPS) is 12.7. The molecule has 6 aromatic rings. The van der Waals surface area contributed by atoms with E-state index in [1.54, 1.807) is 0 Å². The van der Waals surface area contributed by atoms with Gasteiger partial charge in [0, 0.05) is 41.3 Å². The molecule has 6 rings (SSSR count). The predicted octanol–water partition coefficient (Wildman–Crippen LogP) is 9.15. The van der Waals surface area contributed by atoms with Crippen molar-refractivity contribution < 1.29 is 0 Å². The maximum atomic E-state index is 4.94. The predicted molar refractivity (Wildman–Crippen MR) is 137 cm³/mol. The van der Waals surface area contributed by atoms with Crippen LogP contribution in [0.2, 0.25) is 0 Å². The summed E-state index contributed by atoms with van der Waals surface area (Å²) in [6, 6.07) is 13.7. The van der Waals surface area contributed by atoms with Crippen molar-refractivity contribution in [1.29, 1.82) is 0 Å². The highest BCUT2D eigenvalue weighted by atomic mass is 32.1. The van der Waals surface area contributed by atoms with Gasteiger partial charge in [-0.25, -0.2) is 0 Å². The number of benzene rings is 2. The van der Waals surface area contributed by atoms with Gasteiger partial charge in [-0.3, -0.25) is 4.98 Å². The number of hydrogen-bond acceptors (Lipinski definition) is 4. The third-order valence-electron chi connectivity index (χ3n) is 5.91. The fourth-order valence-corrected chi connectivity index (χ4v) is 7.80. The number of rotatable bonds is 1. The minimum absolute atomic E-state index is 0.0852. The highest BCUT2D eigenvalue weighted by molar-refractivity contribution is 7.27. The summed E-state index contributed by atoms with van der Waals surface area (Å²) in [7, 11) is 0. The lowest BCUT2D eigenvalue weighted by Gasteiger charge is -2.21. The number of fused-ring (bicyclic) bond motifs is 6. The van der Waals surface area contributed by atoms with E-state index in [2.05, 4.69) is 74.9 Å². The molecule has 0 atom stereocenters. The Morgan fingerprint density at radius 3 is 2.53 bits per heavy atom. The quantitative estimate of drug-likeness (QED) is 0.247. The van der Waals surface area contributed by atoms with Gasteiger partial charge in [0.15, 0.2) is 0 Å². The molecule has 4 aromatic heterocycles. The first-order valence-electron chi connectivity index (χ1n) is 10.1. The van der Waals surface area contributed by atoms with Crippen molar-refractivity contribution in [1.82, 2.24) is 4.98 Å². The first-order valence-corrected chi connectivity index (χ1v) is 12.7. The van der Waals surface area contributed by atoms with E-state index in [0.717, 1.165) is 5.69 Å². The molecule has 30 heavy (non-hydrogen) atoms. The van der Waals surface area contributed by atoms with Gasteiger partial charge < -0.3 is 0 Å². The van der Waals surface area contributed by atoms with Gasteiger partial charge in [-0.2, -0.15) is 0 Å². The van der Waals surface area contributed by atoms with E-state index in [1.165, 1.54) is 57.0 Å². The van der Waals surface area contributed by atoms with Crippen molar-refractivity contribution in [2.75, 3.05) is 0 Å². The SMILES string of the molecule is Cc1csc2c1ccc1sc3ccnc(-c4cc(C(C)(C)C)c5sccc5c4)c3c12. The van der Waals surface area contributed by atoms with E-state index in [0.29, 0.717) is 0 Å². The minimum atomic E-state index is 0.0852. The van der Waals surface area contributed by atoms with Gasteiger partial charge in [0.2, 0.25) is 0 Å². The molecule has 0 fully saturated rings. The Hall–Kier alpha value is -2.27. The van der Waals surface area contributed by atoms with E-state index < -0.39 is 0 Å². The van der Waals surface area contributed by atoms with Crippen molar-refractivity contribution in [3.8, 4) is 11.3 Å². The van der Waals surface area contributed by atoms with E-state index in [9.17, 15) is 0 Å². The number of thiophene rings is 3. The lowest BCUT2D eigenvalue weighted by molar-refractivity contribution is 0.597. The lowest BCUT2D eigenvalue weighted by Crippen LogP contribution is -2.11. The average Bonchev–Trinajstić information content (AvgIpc) is 3.42. The highest BCUT2D eigenvalue weighted by Crippen LogP contribution is 2.45. The molecule has 0 aliphatic rings. The van der Waals surface area contributed by atoms with Gasteiger partial charge in [-0.15, -0.1) is 34.0 Å². The number of hydrogen-bond donors (Lipinski definition) is 0. The van der Waals surface area contributed by atoms with Crippen molar-refractivity contribution in [3.05, 3.63) is 64.5 Å². The van der Waals surface area contributed by atoms with Crippen LogP contribution >= 0.6 is 34.0 Å². The third kappa shape index (κ3) is 2.60. The summed E-state index contributed by atoms with van der Waals surface area (Å²) in [4.78, 5) is 4.94. The molecule has 0 unspecified atom stereocenters. The molecule has 0 aliphatic heterocycles. The molecule has 1 nitrogen and oxygen atoms in total. The van der Waals surface area contributed by atoms with Crippen molar-refractivity contribution in [3.63, 3.8) is 0 Å². The van der Waals surface area contributed by atoms with Crippen molar-refractivity contribution >= 4 is 74.4 Å². The van der Waals surface area contributed by atoms with Crippen LogP contribution in [0, 0.1) is 6.92 Å². The largest absolute Gasteiger partial charge is 0.256 e. The first-order chi connectivity index (χ1) is 14.4. The Morgan fingerprint density at radius 2 is 1.70 bits per heavy atom. The topological polar surface area (TPSA) is 12.9 Å². The van der Waals surface area contributed by atoms with Crippen LogP contribution in [0.1, 0.15) is 31.9 Å². The van der Waals surface area contributed by atoms with Crippen molar-refractivity contribution in [2.24, 2.45) is 0 Å². The Bertz CT molecular complexity index is 1590. The Morgan fingerprint density at radius 1 is 0.867 bits per heavy atom. The Balaban J connectivity index is 1.76. The number of aryl methyl sites for hydroxylation is 1. The summed E-state index contributed by atoms with van der Waals surface area (Å²) >= 11 is 5.58. The van der Waals surface area contributed by atoms with E-state index in [4.69, 9.17) is 4.98 Å². The number of pyridine rings is 1. The lowest BCUT2D eigenvalue weighted by atomic mass is 9.85. The first kappa shape index (κ1) is 18.5. The van der Waals surface area contributed by atoms with Crippen LogP contribution in [0.3, 0.4) is 0 Å². The zero-order valence-corrected chi connectivity index (χ0v) is 19.8. The van der Waals surface area contributed by atoms with Crippen LogP contribution in [0.5, 0.6) is 0 Å². The molecular formula is C26H21NS3. The smallest absolute Gasteiger partial charge is 0.0795 e. The van der Waals surface area contributed by atoms with E-state index >= 15 is 0 Å². The van der Waals surface area contributed by atoms with Crippen LogP contribution in [0.15, 0.2) is 53.4 Å². The average molecular weight is 444 g/mol. The maximum absolute atomic E-state index is 4.94. The molecule has 0 N–H and O–H groups in total.